The van der Waals surface area contributed by atoms with Crippen LogP contribution in [0.3, 0.4) is 0 Å². The Balaban J connectivity index is 2.12. The van der Waals surface area contributed by atoms with Gasteiger partial charge in [0.2, 0.25) is 11.7 Å². The number of rotatable bonds is 6. The van der Waals surface area contributed by atoms with Crippen LogP contribution in [0.2, 0.25) is 0 Å². The van der Waals surface area contributed by atoms with E-state index in [2.05, 4.69) is 24.0 Å². The summed E-state index contributed by atoms with van der Waals surface area (Å²) in [6, 6.07) is 0.150. The molecule has 0 aliphatic heterocycles. The third-order valence-corrected chi connectivity index (χ3v) is 4.52. The van der Waals surface area contributed by atoms with Gasteiger partial charge in [-0.25, -0.2) is 0 Å². The maximum atomic E-state index is 6.08. The van der Waals surface area contributed by atoms with E-state index in [4.69, 9.17) is 15.0 Å². The summed E-state index contributed by atoms with van der Waals surface area (Å²) in [5.74, 6) is 1.39. The fourth-order valence-electron chi connectivity index (χ4n) is 2.93. The Bertz CT molecular complexity index is 444. The summed E-state index contributed by atoms with van der Waals surface area (Å²) in [5.41, 5.74) is 5.80. The van der Waals surface area contributed by atoms with E-state index in [1.807, 2.05) is 13.8 Å². The molecule has 5 nitrogen and oxygen atoms in total. The van der Waals surface area contributed by atoms with Crippen molar-refractivity contribution in [1.82, 2.24) is 10.1 Å². The van der Waals surface area contributed by atoms with Crippen molar-refractivity contribution in [3.63, 3.8) is 0 Å². The minimum atomic E-state index is -0.361. The Morgan fingerprint density at radius 3 is 2.52 bits per heavy atom. The molecule has 1 aromatic rings. The number of aromatic nitrogens is 2. The van der Waals surface area contributed by atoms with E-state index in [1.165, 1.54) is 0 Å². The highest BCUT2D eigenvalue weighted by molar-refractivity contribution is 5.05. The van der Waals surface area contributed by atoms with E-state index in [1.54, 1.807) is 0 Å². The first-order valence-corrected chi connectivity index (χ1v) is 8.09. The number of ether oxygens (including phenoxy) is 1. The standard InChI is InChI=1S/C16H29N3O2/c1-5-20-16(10-8-15(3,4)9-11-16)14-18-13(21-19-14)7-6-12(2)17/h12H,5-11,17H2,1-4H3. The lowest BCUT2D eigenvalue weighted by molar-refractivity contribution is -0.0957. The number of nitrogens with zero attached hydrogens (tertiary/aromatic N) is 2. The number of aryl methyl sites for hydroxylation is 1. The van der Waals surface area contributed by atoms with Crippen molar-refractivity contribution >= 4 is 0 Å². The Hall–Kier alpha value is -0.940. The molecule has 0 radical (unpaired) electrons. The average molecular weight is 295 g/mol. The summed E-state index contributed by atoms with van der Waals surface area (Å²) in [6.07, 6.45) is 5.75. The molecule has 1 heterocycles. The predicted molar refractivity (Wildman–Crippen MR) is 81.8 cm³/mol. The van der Waals surface area contributed by atoms with Crippen molar-refractivity contribution in [2.75, 3.05) is 6.61 Å². The van der Waals surface area contributed by atoms with E-state index in [0.29, 0.717) is 17.9 Å². The van der Waals surface area contributed by atoms with Crippen molar-refractivity contribution in [1.29, 1.82) is 0 Å². The third kappa shape index (κ3) is 4.04. The second-order valence-electron chi connectivity index (χ2n) is 7.12. The highest BCUT2D eigenvalue weighted by Gasteiger charge is 2.43. The predicted octanol–water partition coefficient (Wildman–Crippen LogP) is 3.18. The molecule has 1 unspecified atom stereocenters. The van der Waals surface area contributed by atoms with E-state index in [-0.39, 0.29) is 11.6 Å². The van der Waals surface area contributed by atoms with Crippen LogP contribution in [-0.2, 0) is 16.8 Å². The van der Waals surface area contributed by atoms with Crippen LogP contribution in [0, 0.1) is 5.41 Å². The zero-order valence-corrected chi connectivity index (χ0v) is 13.8. The summed E-state index contributed by atoms with van der Waals surface area (Å²) in [7, 11) is 0. The molecule has 1 saturated carbocycles. The molecule has 1 aromatic heterocycles. The van der Waals surface area contributed by atoms with Gasteiger partial charge in [0, 0.05) is 19.1 Å². The van der Waals surface area contributed by atoms with Crippen LogP contribution < -0.4 is 5.73 Å². The van der Waals surface area contributed by atoms with Gasteiger partial charge in [-0.15, -0.1) is 0 Å². The van der Waals surface area contributed by atoms with E-state index < -0.39 is 0 Å². The fourth-order valence-corrected chi connectivity index (χ4v) is 2.93. The minimum Gasteiger partial charge on any atom is -0.367 e. The smallest absolute Gasteiger partial charge is 0.226 e. The van der Waals surface area contributed by atoms with Gasteiger partial charge in [0.25, 0.3) is 0 Å². The molecule has 0 spiro atoms. The van der Waals surface area contributed by atoms with Crippen molar-refractivity contribution < 1.29 is 9.26 Å². The normalized spacial score (nSPS) is 22.1. The summed E-state index contributed by atoms with van der Waals surface area (Å²) >= 11 is 0. The third-order valence-electron chi connectivity index (χ3n) is 4.52. The van der Waals surface area contributed by atoms with Crippen LogP contribution in [0.4, 0.5) is 0 Å². The van der Waals surface area contributed by atoms with E-state index in [0.717, 1.165) is 44.3 Å². The molecule has 1 atom stereocenters. The van der Waals surface area contributed by atoms with Crippen LogP contribution in [0.15, 0.2) is 4.52 Å². The lowest BCUT2D eigenvalue weighted by Crippen LogP contribution is -2.38. The van der Waals surface area contributed by atoms with Gasteiger partial charge in [0.15, 0.2) is 0 Å². The zero-order chi connectivity index (χ0) is 15.5. The van der Waals surface area contributed by atoms with Crippen molar-refractivity contribution in [2.24, 2.45) is 11.1 Å². The molecule has 0 bridgehead atoms. The first kappa shape index (κ1) is 16.4. The fraction of sp³-hybridized carbons (Fsp3) is 0.875. The maximum Gasteiger partial charge on any atom is 0.226 e. The first-order valence-electron chi connectivity index (χ1n) is 8.09. The van der Waals surface area contributed by atoms with Crippen LogP contribution in [0.25, 0.3) is 0 Å². The molecule has 0 amide bonds. The van der Waals surface area contributed by atoms with Gasteiger partial charge in [0.05, 0.1) is 0 Å². The van der Waals surface area contributed by atoms with Crippen LogP contribution in [-0.4, -0.2) is 22.8 Å². The molecule has 1 aliphatic carbocycles. The molecular formula is C16H29N3O2. The highest BCUT2D eigenvalue weighted by Crippen LogP contribution is 2.46. The topological polar surface area (TPSA) is 74.2 Å². The van der Waals surface area contributed by atoms with E-state index in [9.17, 15) is 0 Å². The lowest BCUT2D eigenvalue weighted by Gasteiger charge is -2.41. The largest absolute Gasteiger partial charge is 0.367 e. The molecule has 0 aromatic carbocycles. The SMILES string of the molecule is CCOC1(c2noc(CCC(C)N)n2)CCC(C)(C)CC1. The first-order chi connectivity index (χ1) is 9.87. The molecule has 0 saturated heterocycles. The minimum absolute atomic E-state index is 0.150. The summed E-state index contributed by atoms with van der Waals surface area (Å²) in [5, 5.41) is 4.20. The molecule has 120 valence electrons. The van der Waals surface area contributed by atoms with Crippen molar-refractivity contribution in [2.45, 2.75) is 77.9 Å². The molecule has 5 heteroatoms. The molecular weight excluding hydrogens is 266 g/mol. The van der Waals surface area contributed by atoms with Crippen molar-refractivity contribution in [3.8, 4) is 0 Å². The van der Waals surface area contributed by atoms with Crippen LogP contribution in [0.1, 0.15) is 71.5 Å². The number of nitrogens with two attached hydrogens (primary N) is 1. The van der Waals surface area contributed by atoms with Crippen LogP contribution in [0.5, 0.6) is 0 Å². The molecule has 21 heavy (non-hydrogen) atoms. The Labute approximate surface area is 127 Å². The average Bonchev–Trinajstić information content (AvgIpc) is 2.89. The van der Waals surface area contributed by atoms with Gasteiger partial charge in [0.1, 0.15) is 5.60 Å². The van der Waals surface area contributed by atoms with Crippen LogP contribution >= 0.6 is 0 Å². The van der Waals surface area contributed by atoms with Gasteiger partial charge < -0.3 is 15.0 Å². The maximum absolute atomic E-state index is 6.08. The quantitative estimate of drug-likeness (QED) is 0.872. The van der Waals surface area contributed by atoms with Gasteiger partial charge in [-0.05, 0) is 51.4 Å². The number of hydrogen-bond donors (Lipinski definition) is 1. The Kier molecular flexibility index (Phi) is 5.04. The summed E-state index contributed by atoms with van der Waals surface area (Å²) < 4.78 is 11.5. The Morgan fingerprint density at radius 1 is 1.29 bits per heavy atom. The van der Waals surface area contributed by atoms with Crippen molar-refractivity contribution in [3.05, 3.63) is 11.7 Å². The van der Waals surface area contributed by atoms with Gasteiger partial charge in [-0.3, -0.25) is 0 Å². The lowest BCUT2D eigenvalue weighted by atomic mass is 9.70. The van der Waals surface area contributed by atoms with Gasteiger partial charge >= 0.3 is 0 Å². The molecule has 1 fully saturated rings. The Morgan fingerprint density at radius 2 is 1.95 bits per heavy atom. The van der Waals surface area contributed by atoms with E-state index >= 15 is 0 Å². The second-order valence-corrected chi connectivity index (χ2v) is 7.12. The summed E-state index contributed by atoms with van der Waals surface area (Å²) in [6.45, 7) is 9.31. The molecule has 2 N–H and O–H groups in total. The highest BCUT2D eigenvalue weighted by atomic mass is 16.5. The summed E-state index contributed by atoms with van der Waals surface area (Å²) in [4.78, 5) is 4.59. The monoisotopic (exact) mass is 295 g/mol. The van der Waals surface area contributed by atoms with Gasteiger partial charge in [-0.2, -0.15) is 4.98 Å². The zero-order valence-electron chi connectivity index (χ0n) is 13.8. The van der Waals surface area contributed by atoms with Gasteiger partial charge in [-0.1, -0.05) is 19.0 Å². The molecule has 1 aliphatic rings. The second kappa shape index (κ2) is 6.44. The molecule has 2 rings (SSSR count). The number of hydrogen-bond acceptors (Lipinski definition) is 5.